The molecule has 3 rings (SSSR count). The van der Waals surface area contributed by atoms with Crippen molar-refractivity contribution in [3.8, 4) is 5.75 Å². The molecule has 1 saturated heterocycles. The Kier molecular flexibility index (Phi) is 3.96. The van der Waals surface area contributed by atoms with E-state index in [1.807, 2.05) is 12.1 Å². The van der Waals surface area contributed by atoms with Gasteiger partial charge in [-0.3, -0.25) is 4.90 Å². The number of benzene rings is 1. The fraction of sp³-hybridized carbons (Fsp3) is 0.625. The van der Waals surface area contributed by atoms with Gasteiger partial charge < -0.3 is 14.6 Å². The molecule has 1 aromatic rings. The first kappa shape index (κ1) is 13.9. The van der Waals surface area contributed by atoms with E-state index in [9.17, 15) is 5.11 Å². The van der Waals surface area contributed by atoms with E-state index in [4.69, 9.17) is 9.47 Å². The van der Waals surface area contributed by atoms with Crippen LogP contribution in [0.25, 0.3) is 0 Å². The van der Waals surface area contributed by atoms with Crippen molar-refractivity contribution in [1.29, 1.82) is 0 Å². The van der Waals surface area contributed by atoms with Gasteiger partial charge in [-0.2, -0.15) is 0 Å². The number of hydrogen-bond acceptors (Lipinski definition) is 4. The smallest absolute Gasteiger partial charge is 0.119 e. The van der Waals surface area contributed by atoms with Crippen molar-refractivity contribution < 1.29 is 14.6 Å². The number of nitrogens with zero attached hydrogens (tertiary/aromatic N) is 1. The summed E-state index contributed by atoms with van der Waals surface area (Å²) < 4.78 is 10.7. The molecule has 0 spiro atoms. The number of aliphatic hydroxyl groups excluding tert-OH is 1. The largest absolute Gasteiger partial charge is 0.497 e. The maximum Gasteiger partial charge on any atom is 0.119 e. The fourth-order valence-corrected chi connectivity index (χ4v) is 3.48. The van der Waals surface area contributed by atoms with Gasteiger partial charge in [0.25, 0.3) is 0 Å². The summed E-state index contributed by atoms with van der Waals surface area (Å²) in [6.07, 6.45) is 3.02. The number of ether oxygens (including phenoxy) is 2. The van der Waals surface area contributed by atoms with Crippen LogP contribution in [0.3, 0.4) is 0 Å². The highest BCUT2D eigenvalue weighted by atomic mass is 16.5. The molecule has 4 nitrogen and oxygen atoms in total. The molecular weight excluding hydrogens is 254 g/mol. The van der Waals surface area contributed by atoms with Crippen LogP contribution in [0.5, 0.6) is 5.75 Å². The van der Waals surface area contributed by atoms with Gasteiger partial charge in [-0.1, -0.05) is 6.07 Å². The van der Waals surface area contributed by atoms with E-state index in [0.717, 1.165) is 43.7 Å². The molecule has 1 aliphatic carbocycles. The van der Waals surface area contributed by atoms with Crippen LogP contribution < -0.4 is 4.74 Å². The number of methoxy groups -OCH3 is 2. The summed E-state index contributed by atoms with van der Waals surface area (Å²) >= 11 is 0. The Labute approximate surface area is 120 Å². The van der Waals surface area contributed by atoms with E-state index in [-0.39, 0.29) is 6.04 Å². The lowest BCUT2D eigenvalue weighted by Gasteiger charge is -2.36. The second-order valence-electron chi connectivity index (χ2n) is 5.75. The molecule has 0 amide bonds. The Morgan fingerprint density at radius 3 is 2.60 bits per heavy atom. The average molecular weight is 277 g/mol. The molecule has 4 heteroatoms. The lowest BCUT2D eigenvalue weighted by Crippen LogP contribution is -2.45. The molecule has 2 unspecified atom stereocenters. The van der Waals surface area contributed by atoms with Crippen molar-refractivity contribution in [3.63, 3.8) is 0 Å². The van der Waals surface area contributed by atoms with E-state index in [1.54, 1.807) is 14.2 Å². The lowest BCUT2D eigenvalue weighted by atomic mass is 10.0. The summed E-state index contributed by atoms with van der Waals surface area (Å²) in [6.45, 7) is 2.01. The Morgan fingerprint density at radius 2 is 1.95 bits per heavy atom. The van der Waals surface area contributed by atoms with E-state index in [0.29, 0.717) is 6.10 Å². The SMILES string of the molecule is COc1ccc2c(c1)C(O)C(N1CCC(OC)CC1)C2. The Hall–Kier alpha value is -1.10. The molecule has 0 bridgehead atoms. The summed E-state index contributed by atoms with van der Waals surface area (Å²) in [4.78, 5) is 2.41. The van der Waals surface area contributed by atoms with Gasteiger partial charge in [0.15, 0.2) is 0 Å². The van der Waals surface area contributed by atoms with Crippen LogP contribution in [0, 0.1) is 0 Å². The molecule has 1 aliphatic heterocycles. The second-order valence-corrected chi connectivity index (χ2v) is 5.75. The van der Waals surface area contributed by atoms with Crippen LogP contribution in [0.15, 0.2) is 18.2 Å². The molecule has 1 N–H and O–H groups in total. The topological polar surface area (TPSA) is 41.9 Å². The number of aliphatic hydroxyl groups is 1. The maximum absolute atomic E-state index is 10.6. The first-order valence-electron chi connectivity index (χ1n) is 7.34. The minimum atomic E-state index is -0.404. The zero-order valence-corrected chi connectivity index (χ0v) is 12.2. The molecule has 2 atom stereocenters. The van der Waals surface area contributed by atoms with Crippen LogP contribution >= 0.6 is 0 Å². The monoisotopic (exact) mass is 277 g/mol. The quantitative estimate of drug-likeness (QED) is 0.914. The number of rotatable bonds is 3. The summed E-state index contributed by atoms with van der Waals surface area (Å²) in [7, 11) is 3.45. The van der Waals surface area contributed by atoms with Gasteiger partial charge in [-0.15, -0.1) is 0 Å². The van der Waals surface area contributed by atoms with Crippen molar-refractivity contribution in [2.45, 2.75) is 37.5 Å². The van der Waals surface area contributed by atoms with Crippen molar-refractivity contribution in [2.75, 3.05) is 27.3 Å². The minimum Gasteiger partial charge on any atom is -0.497 e. The molecule has 2 aliphatic rings. The Morgan fingerprint density at radius 1 is 1.20 bits per heavy atom. The summed E-state index contributed by atoms with van der Waals surface area (Å²) in [5.74, 6) is 0.821. The summed E-state index contributed by atoms with van der Waals surface area (Å²) in [5.41, 5.74) is 2.28. The van der Waals surface area contributed by atoms with E-state index >= 15 is 0 Å². The first-order chi connectivity index (χ1) is 9.72. The van der Waals surface area contributed by atoms with Crippen LogP contribution in [0.4, 0.5) is 0 Å². The third-order valence-electron chi connectivity index (χ3n) is 4.74. The number of fused-ring (bicyclic) bond motifs is 1. The summed E-state index contributed by atoms with van der Waals surface area (Å²) in [6, 6.07) is 6.24. The van der Waals surface area contributed by atoms with Gasteiger partial charge in [-0.25, -0.2) is 0 Å². The number of piperidine rings is 1. The highest BCUT2D eigenvalue weighted by Crippen LogP contribution is 2.37. The minimum absolute atomic E-state index is 0.204. The van der Waals surface area contributed by atoms with Gasteiger partial charge in [0.1, 0.15) is 5.75 Å². The normalized spacial score (nSPS) is 27.6. The lowest BCUT2D eigenvalue weighted by molar-refractivity contribution is -0.00171. The van der Waals surface area contributed by atoms with Crippen LogP contribution in [0.1, 0.15) is 30.1 Å². The average Bonchev–Trinajstić information content (AvgIpc) is 2.84. The van der Waals surface area contributed by atoms with Gasteiger partial charge in [0.05, 0.1) is 19.3 Å². The van der Waals surface area contributed by atoms with Crippen LogP contribution in [-0.2, 0) is 11.2 Å². The second kappa shape index (κ2) is 5.72. The molecule has 20 heavy (non-hydrogen) atoms. The van der Waals surface area contributed by atoms with Gasteiger partial charge in [0, 0.05) is 26.2 Å². The van der Waals surface area contributed by atoms with Crippen LogP contribution in [-0.4, -0.2) is 49.5 Å². The van der Waals surface area contributed by atoms with Crippen molar-refractivity contribution in [2.24, 2.45) is 0 Å². The number of hydrogen-bond donors (Lipinski definition) is 1. The van der Waals surface area contributed by atoms with E-state index < -0.39 is 6.10 Å². The van der Waals surface area contributed by atoms with Crippen LogP contribution in [0.2, 0.25) is 0 Å². The molecule has 1 heterocycles. The fourth-order valence-electron chi connectivity index (χ4n) is 3.48. The maximum atomic E-state index is 10.6. The molecule has 0 aromatic heterocycles. The molecule has 1 fully saturated rings. The first-order valence-corrected chi connectivity index (χ1v) is 7.34. The number of likely N-dealkylation sites (tertiary alicyclic amines) is 1. The predicted molar refractivity (Wildman–Crippen MR) is 77.0 cm³/mol. The predicted octanol–water partition coefficient (Wildman–Crippen LogP) is 1.76. The zero-order chi connectivity index (χ0) is 14.1. The highest BCUT2D eigenvalue weighted by molar-refractivity contribution is 5.41. The molecule has 0 radical (unpaired) electrons. The molecule has 110 valence electrons. The third-order valence-corrected chi connectivity index (χ3v) is 4.74. The van der Waals surface area contributed by atoms with Gasteiger partial charge >= 0.3 is 0 Å². The molecule has 0 saturated carbocycles. The van der Waals surface area contributed by atoms with Crippen molar-refractivity contribution >= 4 is 0 Å². The van der Waals surface area contributed by atoms with Gasteiger partial charge in [0.2, 0.25) is 0 Å². The third kappa shape index (κ3) is 2.43. The van der Waals surface area contributed by atoms with E-state index in [2.05, 4.69) is 11.0 Å². The molecule has 1 aromatic carbocycles. The highest BCUT2D eigenvalue weighted by Gasteiger charge is 2.36. The van der Waals surface area contributed by atoms with Crippen molar-refractivity contribution in [3.05, 3.63) is 29.3 Å². The zero-order valence-electron chi connectivity index (χ0n) is 12.2. The Bertz CT molecular complexity index is 469. The Balaban J connectivity index is 1.72. The summed E-state index contributed by atoms with van der Waals surface area (Å²) in [5, 5.41) is 10.6. The van der Waals surface area contributed by atoms with Gasteiger partial charge in [-0.05, 0) is 42.5 Å². The standard InChI is InChI=1S/C16H23NO3/c1-19-12-5-7-17(8-6-12)15-9-11-3-4-13(20-2)10-14(11)16(15)18/h3-4,10,12,15-16,18H,5-9H2,1-2H3. The van der Waals surface area contributed by atoms with Crippen molar-refractivity contribution in [1.82, 2.24) is 4.90 Å². The molecular formula is C16H23NO3. The van der Waals surface area contributed by atoms with E-state index in [1.165, 1.54) is 5.56 Å².